The third kappa shape index (κ3) is 4.46. The SMILES string of the molecule is CC(CC(=O)N1CCCN(C)CC1)C1CCCNC1. The highest BCUT2D eigenvalue weighted by molar-refractivity contribution is 5.76. The maximum atomic E-state index is 12.4. The minimum atomic E-state index is 0.369. The van der Waals surface area contributed by atoms with E-state index in [-0.39, 0.29) is 0 Å². The molecule has 2 rings (SSSR count). The first-order chi connectivity index (χ1) is 9.16. The molecule has 0 aromatic rings. The van der Waals surface area contributed by atoms with Gasteiger partial charge in [-0.05, 0) is 57.8 Å². The van der Waals surface area contributed by atoms with Crippen molar-refractivity contribution in [1.82, 2.24) is 15.1 Å². The van der Waals surface area contributed by atoms with E-state index < -0.39 is 0 Å². The van der Waals surface area contributed by atoms with E-state index in [2.05, 4.69) is 29.1 Å². The van der Waals surface area contributed by atoms with E-state index in [1.807, 2.05) is 0 Å². The summed E-state index contributed by atoms with van der Waals surface area (Å²) in [5.41, 5.74) is 0. The Bertz CT molecular complexity index is 289. The number of carbonyl (C=O) groups excluding carboxylic acids is 1. The third-order valence-electron chi connectivity index (χ3n) is 4.71. The maximum absolute atomic E-state index is 12.4. The van der Waals surface area contributed by atoms with Gasteiger partial charge in [-0.3, -0.25) is 4.79 Å². The molecule has 2 unspecified atom stereocenters. The summed E-state index contributed by atoms with van der Waals surface area (Å²) in [6.07, 6.45) is 4.39. The molecule has 0 aromatic heterocycles. The smallest absolute Gasteiger partial charge is 0.222 e. The molecule has 110 valence electrons. The molecule has 0 saturated carbocycles. The van der Waals surface area contributed by atoms with Gasteiger partial charge in [-0.2, -0.15) is 0 Å². The summed E-state index contributed by atoms with van der Waals surface area (Å²) in [6, 6.07) is 0. The maximum Gasteiger partial charge on any atom is 0.222 e. The zero-order valence-corrected chi connectivity index (χ0v) is 12.5. The predicted molar refractivity (Wildman–Crippen MR) is 78.1 cm³/mol. The third-order valence-corrected chi connectivity index (χ3v) is 4.71. The Morgan fingerprint density at radius 2 is 2.11 bits per heavy atom. The zero-order valence-electron chi connectivity index (χ0n) is 12.5. The fourth-order valence-corrected chi connectivity index (χ4v) is 3.23. The van der Waals surface area contributed by atoms with Crippen molar-refractivity contribution in [2.45, 2.75) is 32.6 Å². The molecule has 0 aromatic carbocycles. The van der Waals surface area contributed by atoms with E-state index in [0.29, 0.717) is 17.7 Å². The summed E-state index contributed by atoms with van der Waals surface area (Å²) < 4.78 is 0. The van der Waals surface area contributed by atoms with E-state index in [4.69, 9.17) is 0 Å². The van der Waals surface area contributed by atoms with Gasteiger partial charge in [0.15, 0.2) is 0 Å². The molecule has 0 spiro atoms. The number of amides is 1. The molecule has 0 bridgehead atoms. The van der Waals surface area contributed by atoms with Crippen molar-refractivity contribution >= 4 is 5.91 Å². The van der Waals surface area contributed by atoms with Gasteiger partial charge in [0.2, 0.25) is 5.91 Å². The Balaban J connectivity index is 1.78. The molecular weight excluding hydrogens is 238 g/mol. The summed E-state index contributed by atoms with van der Waals surface area (Å²) in [5, 5.41) is 3.45. The summed E-state index contributed by atoms with van der Waals surface area (Å²) in [4.78, 5) is 16.8. The summed E-state index contributed by atoms with van der Waals surface area (Å²) in [5.74, 6) is 1.57. The van der Waals surface area contributed by atoms with Crippen LogP contribution in [0.25, 0.3) is 0 Å². The van der Waals surface area contributed by atoms with E-state index in [0.717, 1.165) is 52.1 Å². The van der Waals surface area contributed by atoms with Crippen LogP contribution in [0.15, 0.2) is 0 Å². The van der Waals surface area contributed by atoms with Crippen molar-refractivity contribution in [3.8, 4) is 0 Å². The van der Waals surface area contributed by atoms with Crippen LogP contribution in [-0.2, 0) is 4.79 Å². The van der Waals surface area contributed by atoms with Crippen LogP contribution >= 0.6 is 0 Å². The monoisotopic (exact) mass is 267 g/mol. The average molecular weight is 267 g/mol. The second-order valence-corrected chi connectivity index (χ2v) is 6.33. The van der Waals surface area contributed by atoms with E-state index in [9.17, 15) is 4.79 Å². The average Bonchev–Trinajstić information content (AvgIpc) is 2.64. The van der Waals surface area contributed by atoms with Gasteiger partial charge in [0.25, 0.3) is 0 Å². The number of rotatable bonds is 3. The second kappa shape index (κ2) is 7.25. The lowest BCUT2D eigenvalue weighted by molar-refractivity contribution is -0.132. The number of likely N-dealkylation sites (N-methyl/N-ethyl adjacent to an activating group) is 1. The Labute approximate surface area is 117 Å². The van der Waals surface area contributed by atoms with Gasteiger partial charge in [-0.15, -0.1) is 0 Å². The van der Waals surface area contributed by atoms with Gasteiger partial charge in [0.05, 0.1) is 0 Å². The molecule has 0 radical (unpaired) electrons. The van der Waals surface area contributed by atoms with Gasteiger partial charge in [0.1, 0.15) is 0 Å². The Morgan fingerprint density at radius 1 is 1.26 bits per heavy atom. The van der Waals surface area contributed by atoms with Crippen molar-refractivity contribution < 1.29 is 4.79 Å². The Morgan fingerprint density at radius 3 is 2.84 bits per heavy atom. The molecule has 4 heteroatoms. The molecule has 1 amide bonds. The van der Waals surface area contributed by atoms with Crippen LogP contribution in [0.1, 0.15) is 32.6 Å². The molecule has 2 heterocycles. The van der Waals surface area contributed by atoms with Crippen molar-refractivity contribution in [1.29, 1.82) is 0 Å². The molecule has 2 atom stereocenters. The number of hydrogen-bond donors (Lipinski definition) is 1. The minimum Gasteiger partial charge on any atom is -0.341 e. The normalized spacial score (nSPS) is 27.9. The standard InChI is InChI=1S/C15H29N3O/c1-13(14-5-3-6-16-12-14)11-15(19)18-8-4-7-17(2)9-10-18/h13-14,16H,3-12H2,1-2H3. The van der Waals surface area contributed by atoms with Crippen molar-refractivity contribution in [2.24, 2.45) is 11.8 Å². The molecule has 4 nitrogen and oxygen atoms in total. The first kappa shape index (κ1) is 14.8. The van der Waals surface area contributed by atoms with Crippen molar-refractivity contribution in [2.75, 3.05) is 46.3 Å². The van der Waals surface area contributed by atoms with Gasteiger partial charge in [-0.1, -0.05) is 6.92 Å². The fraction of sp³-hybridized carbons (Fsp3) is 0.933. The lowest BCUT2D eigenvalue weighted by Crippen LogP contribution is -2.38. The molecular formula is C15H29N3O. The number of hydrogen-bond acceptors (Lipinski definition) is 3. The van der Waals surface area contributed by atoms with Crippen molar-refractivity contribution in [3.63, 3.8) is 0 Å². The molecule has 2 aliphatic heterocycles. The number of nitrogens with zero attached hydrogens (tertiary/aromatic N) is 2. The van der Waals surface area contributed by atoms with Crippen LogP contribution in [0.5, 0.6) is 0 Å². The highest BCUT2D eigenvalue weighted by atomic mass is 16.2. The number of nitrogens with one attached hydrogen (secondary N) is 1. The lowest BCUT2D eigenvalue weighted by Gasteiger charge is -2.30. The minimum absolute atomic E-state index is 0.369. The van der Waals surface area contributed by atoms with Crippen molar-refractivity contribution in [3.05, 3.63) is 0 Å². The van der Waals surface area contributed by atoms with E-state index in [1.165, 1.54) is 12.8 Å². The molecule has 19 heavy (non-hydrogen) atoms. The van der Waals surface area contributed by atoms with E-state index >= 15 is 0 Å². The highest BCUT2D eigenvalue weighted by Crippen LogP contribution is 2.23. The summed E-state index contributed by atoms with van der Waals surface area (Å²) in [6.45, 7) is 8.48. The van der Waals surface area contributed by atoms with Crippen LogP contribution < -0.4 is 5.32 Å². The number of carbonyl (C=O) groups is 1. The van der Waals surface area contributed by atoms with Crippen LogP contribution in [0.2, 0.25) is 0 Å². The predicted octanol–water partition coefficient (Wildman–Crippen LogP) is 1.18. The number of piperidine rings is 1. The highest BCUT2D eigenvalue weighted by Gasteiger charge is 2.25. The quantitative estimate of drug-likeness (QED) is 0.834. The molecule has 1 N–H and O–H groups in total. The first-order valence-corrected chi connectivity index (χ1v) is 7.84. The zero-order chi connectivity index (χ0) is 13.7. The Kier molecular flexibility index (Phi) is 5.64. The summed E-state index contributed by atoms with van der Waals surface area (Å²) in [7, 11) is 2.14. The largest absolute Gasteiger partial charge is 0.341 e. The van der Waals surface area contributed by atoms with E-state index in [1.54, 1.807) is 0 Å². The second-order valence-electron chi connectivity index (χ2n) is 6.33. The Hall–Kier alpha value is -0.610. The van der Waals surface area contributed by atoms with Gasteiger partial charge >= 0.3 is 0 Å². The molecule has 2 aliphatic rings. The first-order valence-electron chi connectivity index (χ1n) is 7.84. The molecule has 0 aliphatic carbocycles. The van der Waals surface area contributed by atoms with Crippen LogP contribution in [-0.4, -0.2) is 62.0 Å². The molecule has 2 saturated heterocycles. The topological polar surface area (TPSA) is 35.6 Å². The lowest BCUT2D eigenvalue weighted by atomic mass is 9.85. The van der Waals surface area contributed by atoms with Gasteiger partial charge in [-0.25, -0.2) is 0 Å². The summed E-state index contributed by atoms with van der Waals surface area (Å²) >= 11 is 0. The molecule has 2 fully saturated rings. The van der Waals surface area contributed by atoms with Gasteiger partial charge < -0.3 is 15.1 Å². The van der Waals surface area contributed by atoms with Crippen LogP contribution in [0.3, 0.4) is 0 Å². The fourth-order valence-electron chi connectivity index (χ4n) is 3.23. The van der Waals surface area contributed by atoms with Crippen LogP contribution in [0, 0.1) is 11.8 Å². The van der Waals surface area contributed by atoms with Crippen LogP contribution in [0.4, 0.5) is 0 Å². The van der Waals surface area contributed by atoms with Gasteiger partial charge in [0, 0.05) is 26.1 Å².